The summed E-state index contributed by atoms with van der Waals surface area (Å²) in [6.45, 7) is 2.17. The van der Waals surface area contributed by atoms with E-state index in [4.69, 9.17) is 4.74 Å². The van der Waals surface area contributed by atoms with Crippen molar-refractivity contribution in [2.45, 2.75) is 48.8 Å². The number of aliphatic hydroxyl groups excluding tert-OH is 2. The molecule has 0 unspecified atom stereocenters. The molecule has 10 nitrogen and oxygen atoms in total. The van der Waals surface area contributed by atoms with E-state index in [0.29, 0.717) is 31.6 Å². The van der Waals surface area contributed by atoms with Gasteiger partial charge in [-0.25, -0.2) is 18.1 Å². The minimum absolute atomic E-state index is 0.00443. The van der Waals surface area contributed by atoms with Gasteiger partial charge in [-0.2, -0.15) is 0 Å². The fourth-order valence-corrected chi connectivity index (χ4v) is 5.45. The highest BCUT2D eigenvalue weighted by Crippen LogP contribution is 2.26. The standard InChI is InChI=1S/C19H26N4O6S/c1-19(11-29-12-19)21-30(27,28)14-6-5-13-9-20-17(23(13)10-14)18(26)22(7-8-24)15-3-2-4-16(15)25/h5-6,9-10,15-16,21,24-25H,2-4,7-8,11-12H2,1H3/t15-,16-/m0/s1. The first-order chi connectivity index (χ1) is 14.2. The van der Waals surface area contributed by atoms with Gasteiger partial charge in [0.2, 0.25) is 15.8 Å². The van der Waals surface area contributed by atoms with Crippen LogP contribution in [0.2, 0.25) is 0 Å². The van der Waals surface area contributed by atoms with Crippen LogP contribution in [0, 0.1) is 0 Å². The SMILES string of the molecule is CC1(NS(=O)(=O)c2ccc3cnc(C(=O)N(CCO)[C@H]4CCC[C@@H]4O)n3c2)COC1. The van der Waals surface area contributed by atoms with Crippen molar-refractivity contribution in [3.63, 3.8) is 0 Å². The maximum atomic E-state index is 13.2. The van der Waals surface area contributed by atoms with E-state index in [0.717, 1.165) is 6.42 Å². The molecule has 0 radical (unpaired) electrons. The van der Waals surface area contributed by atoms with E-state index in [1.54, 1.807) is 13.0 Å². The number of carbonyl (C=O) groups excluding carboxylic acids is 1. The van der Waals surface area contributed by atoms with Crippen molar-refractivity contribution >= 4 is 21.4 Å². The lowest BCUT2D eigenvalue weighted by Gasteiger charge is -2.38. The Kier molecular flexibility index (Phi) is 5.58. The van der Waals surface area contributed by atoms with Crippen molar-refractivity contribution in [2.75, 3.05) is 26.4 Å². The van der Waals surface area contributed by atoms with Gasteiger partial charge in [0, 0.05) is 12.7 Å². The Balaban J connectivity index is 1.67. The Labute approximate surface area is 174 Å². The average molecular weight is 439 g/mol. The third kappa shape index (κ3) is 3.83. The molecule has 164 valence electrons. The Morgan fingerprint density at radius 1 is 1.40 bits per heavy atom. The molecular formula is C19H26N4O6S. The normalized spacial score (nSPS) is 23.4. The molecule has 11 heteroatoms. The molecule has 1 saturated carbocycles. The lowest BCUT2D eigenvalue weighted by atomic mass is 10.0. The maximum absolute atomic E-state index is 13.2. The van der Waals surface area contributed by atoms with E-state index in [-0.39, 0.29) is 23.9 Å². The minimum atomic E-state index is -3.83. The number of amides is 1. The van der Waals surface area contributed by atoms with E-state index in [1.807, 2.05) is 0 Å². The van der Waals surface area contributed by atoms with Gasteiger partial charge in [0.1, 0.15) is 0 Å². The van der Waals surface area contributed by atoms with Crippen LogP contribution in [0.5, 0.6) is 0 Å². The zero-order valence-electron chi connectivity index (χ0n) is 16.7. The number of hydrogen-bond donors (Lipinski definition) is 3. The Hall–Kier alpha value is -2.05. The molecule has 2 aromatic heterocycles. The Morgan fingerprint density at radius 2 is 2.17 bits per heavy atom. The number of rotatable bonds is 7. The summed E-state index contributed by atoms with van der Waals surface area (Å²) in [7, 11) is -3.83. The highest BCUT2D eigenvalue weighted by Gasteiger charge is 2.38. The predicted octanol–water partition coefficient (Wildman–Crippen LogP) is -0.251. The van der Waals surface area contributed by atoms with Crippen LogP contribution in [0.4, 0.5) is 0 Å². The third-order valence-corrected chi connectivity index (χ3v) is 7.29. The number of hydrogen-bond acceptors (Lipinski definition) is 7. The lowest BCUT2D eigenvalue weighted by molar-refractivity contribution is -0.0523. The van der Waals surface area contributed by atoms with Gasteiger partial charge in [-0.05, 0) is 38.3 Å². The van der Waals surface area contributed by atoms with E-state index < -0.39 is 33.6 Å². The molecule has 2 fully saturated rings. The fraction of sp³-hybridized carbons (Fsp3) is 0.579. The third-order valence-electron chi connectivity index (χ3n) is 5.67. The molecule has 0 bridgehead atoms. The highest BCUT2D eigenvalue weighted by molar-refractivity contribution is 7.89. The number of sulfonamides is 1. The van der Waals surface area contributed by atoms with Crippen molar-refractivity contribution in [2.24, 2.45) is 0 Å². The maximum Gasteiger partial charge on any atom is 0.290 e. The Bertz CT molecular complexity index is 1050. The minimum Gasteiger partial charge on any atom is -0.395 e. The van der Waals surface area contributed by atoms with Crippen LogP contribution in [0.1, 0.15) is 36.8 Å². The predicted molar refractivity (Wildman–Crippen MR) is 107 cm³/mol. The molecule has 0 spiro atoms. The number of nitrogens with one attached hydrogen (secondary N) is 1. The molecule has 3 N–H and O–H groups in total. The summed E-state index contributed by atoms with van der Waals surface area (Å²) in [4.78, 5) is 18.9. The van der Waals surface area contributed by atoms with Gasteiger partial charge in [-0.15, -0.1) is 0 Å². The van der Waals surface area contributed by atoms with Crippen molar-refractivity contribution in [3.05, 3.63) is 30.4 Å². The summed E-state index contributed by atoms with van der Waals surface area (Å²) in [6, 6.07) is 2.64. The van der Waals surface area contributed by atoms with Gasteiger partial charge in [0.15, 0.2) is 0 Å². The van der Waals surface area contributed by atoms with Gasteiger partial charge in [0.05, 0.1) is 54.1 Å². The number of carbonyl (C=O) groups is 1. The van der Waals surface area contributed by atoms with Crippen LogP contribution in [-0.2, 0) is 14.8 Å². The van der Waals surface area contributed by atoms with E-state index in [9.17, 15) is 23.4 Å². The largest absolute Gasteiger partial charge is 0.395 e. The summed E-state index contributed by atoms with van der Waals surface area (Å²) < 4.78 is 34.8. The molecule has 30 heavy (non-hydrogen) atoms. The molecule has 2 aliphatic rings. The second-order valence-electron chi connectivity index (χ2n) is 8.19. The van der Waals surface area contributed by atoms with Crippen LogP contribution >= 0.6 is 0 Å². The molecule has 1 aliphatic heterocycles. The fourth-order valence-electron chi connectivity index (χ4n) is 4.08. The highest BCUT2D eigenvalue weighted by atomic mass is 32.2. The molecule has 1 saturated heterocycles. The number of pyridine rings is 1. The van der Waals surface area contributed by atoms with Crippen LogP contribution < -0.4 is 4.72 Å². The molecule has 2 atom stereocenters. The van der Waals surface area contributed by atoms with E-state index in [2.05, 4.69) is 9.71 Å². The second kappa shape index (κ2) is 7.89. The Morgan fingerprint density at radius 3 is 2.77 bits per heavy atom. The van der Waals surface area contributed by atoms with Gasteiger partial charge < -0.3 is 19.8 Å². The number of aliphatic hydroxyl groups is 2. The topological polar surface area (TPSA) is 133 Å². The number of imidazole rings is 1. The van der Waals surface area contributed by atoms with Crippen LogP contribution in [0.15, 0.2) is 29.4 Å². The van der Waals surface area contributed by atoms with Crippen molar-refractivity contribution in [3.8, 4) is 0 Å². The summed E-state index contributed by atoms with van der Waals surface area (Å²) in [5.74, 6) is -0.426. The molecular weight excluding hydrogens is 412 g/mol. The van der Waals surface area contributed by atoms with Gasteiger partial charge in [-0.3, -0.25) is 9.20 Å². The first-order valence-electron chi connectivity index (χ1n) is 9.93. The summed E-state index contributed by atoms with van der Waals surface area (Å²) >= 11 is 0. The first-order valence-corrected chi connectivity index (χ1v) is 11.4. The van der Waals surface area contributed by atoms with Gasteiger partial charge in [0.25, 0.3) is 5.91 Å². The second-order valence-corrected chi connectivity index (χ2v) is 9.87. The van der Waals surface area contributed by atoms with Crippen molar-refractivity contribution in [1.29, 1.82) is 0 Å². The van der Waals surface area contributed by atoms with Crippen LogP contribution in [-0.4, -0.2) is 82.9 Å². The monoisotopic (exact) mass is 438 g/mol. The van der Waals surface area contributed by atoms with Crippen molar-refractivity contribution < 1.29 is 28.2 Å². The number of aromatic nitrogens is 2. The summed E-state index contributed by atoms with van der Waals surface area (Å²) in [6.07, 6.45) is 4.22. The average Bonchev–Trinajstić information content (AvgIpc) is 3.29. The number of nitrogens with zero attached hydrogens (tertiary/aromatic N) is 3. The van der Waals surface area contributed by atoms with Gasteiger partial charge in [-0.1, -0.05) is 0 Å². The smallest absolute Gasteiger partial charge is 0.290 e. The van der Waals surface area contributed by atoms with Crippen molar-refractivity contribution in [1.82, 2.24) is 19.0 Å². The lowest BCUT2D eigenvalue weighted by Crippen LogP contribution is -2.59. The van der Waals surface area contributed by atoms with E-state index >= 15 is 0 Å². The molecule has 4 rings (SSSR count). The summed E-state index contributed by atoms with van der Waals surface area (Å²) in [5.41, 5.74) is -0.0934. The number of fused-ring (bicyclic) bond motifs is 1. The number of ether oxygens (including phenoxy) is 1. The molecule has 0 aromatic carbocycles. The van der Waals surface area contributed by atoms with Gasteiger partial charge >= 0.3 is 0 Å². The summed E-state index contributed by atoms with van der Waals surface area (Å²) in [5, 5.41) is 19.7. The molecule has 2 aromatic rings. The van der Waals surface area contributed by atoms with Crippen LogP contribution in [0.25, 0.3) is 5.52 Å². The zero-order chi connectivity index (χ0) is 21.5. The van der Waals surface area contributed by atoms with Crippen LogP contribution in [0.3, 0.4) is 0 Å². The molecule has 1 amide bonds. The first kappa shape index (κ1) is 21.2. The molecule has 3 heterocycles. The quantitative estimate of drug-likeness (QED) is 0.543. The zero-order valence-corrected chi connectivity index (χ0v) is 17.5. The molecule has 1 aliphatic carbocycles. The van der Waals surface area contributed by atoms with E-state index in [1.165, 1.54) is 27.8 Å².